The van der Waals surface area contributed by atoms with E-state index < -0.39 is 5.82 Å². The highest BCUT2D eigenvalue weighted by Gasteiger charge is 2.12. The monoisotopic (exact) mass is 362 g/mol. The third-order valence-corrected chi connectivity index (χ3v) is 4.25. The van der Waals surface area contributed by atoms with Gasteiger partial charge in [-0.25, -0.2) is 9.37 Å². The Labute approximate surface area is 146 Å². The summed E-state index contributed by atoms with van der Waals surface area (Å²) in [6.45, 7) is 0. The van der Waals surface area contributed by atoms with E-state index in [1.165, 1.54) is 30.6 Å². The Kier molecular flexibility index (Phi) is 4.78. The smallest absolute Gasteiger partial charge is 0.257 e. The molecule has 1 heterocycles. The molecule has 0 saturated heterocycles. The molecular weight excluding hydrogens is 351 g/mol. The molecule has 3 aromatic rings. The molecule has 0 radical (unpaired) electrons. The first-order chi connectivity index (χ1) is 11.6. The number of benzene rings is 2. The van der Waals surface area contributed by atoms with Crippen LogP contribution < -0.4 is 10.1 Å². The van der Waals surface area contributed by atoms with Crippen LogP contribution in [0.15, 0.2) is 47.8 Å². The highest BCUT2D eigenvalue weighted by atomic mass is 35.5. The van der Waals surface area contributed by atoms with Crippen molar-refractivity contribution in [3.05, 3.63) is 64.2 Å². The highest BCUT2D eigenvalue weighted by Crippen LogP contribution is 2.28. The maximum absolute atomic E-state index is 13.8. The van der Waals surface area contributed by atoms with Crippen LogP contribution in [0, 0.1) is 5.82 Å². The molecule has 1 aromatic heterocycles. The zero-order valence-corrected chi connectivity index (χ0v) is 14.1. The fourth-order valence-corrected chi connectivity index (χ4v) is 2.99. The second-order valence-electron chi connectivity index (χ2n) is 4.85. The number of methoxy groups -OCH3 is 1. The average molecular weight is 363 g/mol. The highest BCUT2D eigenvalue weighted by molar-refractivity contribution is 7.14. The van der Waals surface area contributed by atoms with E-state index in [4.69, 9.17) is 16.3 Å². The fraction of sp³-hybridized carbons (Fsp3) is 0.0588. The minimum Gasteiger partial charge on any atom is -0.494 e. The van der Waals surface area contributed by atoms with Crippen molar-refractivity contribution >= 4 is 34.0 Å². The molecule has 0 saturated carbocycles. The summed E-state index contributed by atoms with van der Waals surface area (Å²) in [6.07, 6.45) is 0. The van der Waals surface area contributed by atoms with Crippen molar-refractivity contribution in [1.82, 2.24) is 4.98 Å². The number of carbonyl (C=O) groups excluding carboxylic acids is 1. The standard InChI is InChI=1S/C17H12ClFN2O2S/c1-23-15-6-5-10(8-13(15)19)14-9-24-17(20-14)21-16(22)11-3-2-4-12(18)7-11/h2-9H,1H3,(H,20,21,22). The summed E-state index contributed by atoms with van der Waals surface area (Å²) in [5.74, 6) is -0.602. The van der Waals surface area contributed by atoms with Gasteiger partial charge < -0.3 is 4.74 Å². The largest absolute Gasteiger partial charge is 0.494 e. The fourth-order valence-electron chi connectivity index (χ4n) is 2.09. The molecule has 0 aliphatic carbocycles. The molecule has 0 atom stereocenters. The number of aromatic nitrogens is 1. The van der Waals surface area contributed by atoms with Crippen LogP contribution in [-0.4, -0.2) is 18.0 Å². The van der Waals surface area contributed by atoms with Crippen molar-refractivity contribution in [2.75, 3.05) is 12.4 Å². The molecule has 0 unspecified atom stereocenters. The Morgan fingerprint density at radius 3 is 2.83 bits per heavy atom. The van der Waals surface area contributed by atoms with Crippen molar-refractivity contribution in [3.63, 3.8) is 0 Å². The molecule has 1 N–H and O–H groups in total. The van der Waals surface area contributed by atoms with Gasteiger partial charge in [-0.1, -0.05) is 17.7 Å². The molecule has 0 aliphatic rings. The lowest BCUT2D eigenvalue weighted by Crippen LogP contribution is -2.11. The van der Waals surface area contributed by atoms with Gasteiger partial charge >= 0.3 is 0 Å². The maximum atomic E-state index is 13.8. The van der Waals surface area contributed by atoms with Crippen LogP contribution in [0.2, 0.25) is 5.02 Å². The van der Waals surface area contributed by atoms with Gasteiger partial charge in [0.05, 0.1) is 12.8 Å². The summed E-state index contributed by atoms with van der Waals surface area (Å²) in [5.41, 5.74) is 1.62. The molecule has 1 amide bonds. The minimum atomic E-state index is -0.465. The molecule has 3 rings (SSSR count). The van der Waals surface area contributed by atoms with Crippen molar-refractivity contribution in [3.8, 4) is 17.0 Å². The maximum Gasteiger partial charge on any atom is 0.257 e. The number of nitrogens with one attached hydrogen (secondary N) is 1. The lowest BCUT2D eigenvalue weighted by molar-refractivity contribution is 0.102. The van der Waals surface area contributed by atoms with Crippen LogP contribution in [0.25, 0.3) is 11.3 Å². The molecule has 24 heavy (non-hydrogen) atoms. The molecular formula is C17H12ClFN2O2S. The van der Waals surface area contributed by atoms with Crippen LogP contribution in [0.3, 0.4) is 0 Å². The quantitative estimate of drug-likeness (QED) is 0.720. The molecule has 0 aliphatic heterocycles. The zero-order chi connectivity index (χ0) is 17.1. The first-order valence-corrected chi connectivity index (χ1v) is 8.19. The molecule has 4 nitrogen and oxygen atoms in total. The Morgan fingerprint density at radius 2 is 2.12 bits per heavy atom. The van der Waals surface area contributed by atoms with Crippen LogP contribution in [0.1, 0.15) is 10.4 Å². The molecule has 0 fully saturated rings. The van der Waals surface area contributed by atoms with E-state index in [0.29, 0.717) is 27.0 Å². The molecule has 0 spiro atoms. The van der Waals surface area contributed by atoms with Gasteiger partial charge in [0.2, 0.25) is 0 Å². The third kappa shape index (κ3) is 3.55. The topological polar surface area (TPSA) is 51.2 Å². The first-order valence-electron chi connectivity index (χ1n) is 6.93. The minimum absolute atomic E-state index is 0.170. The summed E-state index contributed by atoms with van der Waals surface area (Å²) in [4.78, 5) is 16.5. The number of hydrogen-bond donors (Lipinski definition) is 1. The number of hydrogen-bond acceptors (Lipinski definition) is 4. The number of carbonyl (C=O) groups is 1. The third-order valence-electron chi connectivity index (χ3n) is 3.26. The number of ether oxygens (including phenoxy) is 1. The van der Waals surface area contributed by atoms with E-state index in [9.17, 15) is 9.18 Å². The Bertz CT molecular complexity index is 898. The van der Waals surface area contributed by atoms with Crippen molar-refractivity contribution in [2.24, 2.45) is 0 Å². The SMILES string of the molecule is COc1ccc(-c2csc(NC(=O)c3cccc(Cl)c3)n2)cc1F. The normalized spacial score (nSPS) is 10.5. The van der Waals surface area contributed by atoms with E-state index in [0.717, 1.165) is 0 Å². The zero-order valence-electron chi connectivity index (χ0n) is 12.5. The van der Waals surface area contributed by atoms with Gasteiger partial charge in [-0.05, 0) is 36.4 Å². The Hall–Kier alpha value is -2.44. The van der Waals surface area contributed by atoms with E-state index in [2.05, 4.69) is 10.3 Å². The number of nitrogens with zero attached hydrogens (tertiary/aromatic N) is 1. The van der Waals surface area contributed by atoms with E-state index in [1.807, 2.05) is 0 Å². The summed E-state index contributed by atoms with van der Waals surface area (Å²) in [6, 6.07) is 11.2. The number of amides is 1. The summed E-state index contributed by atoms with van der Waals surface area (Å²) < 4.78 is 18.7. The average Bonchev–Trinajstić information content (AvgIpc) is 3.03. The van der Waals surface area contributed by atoms with Gasteiger partial charge in [-0.3, -0.25) is 10.1 Å². The molecule has 0 bridgehead atoms. The van der Waals surface area contributed by atoms with Gasteiger partial charge in [-0.15, -0.1) is 11.3 Å². The predicted molar refractivity (Wildman–Crippen MR) is 93.5 cm³/mol. The van der Waals surface area contributed by atoms with Crippen molar-refractivity contribution < 1.29 is 13.9 Å². The van der Waals surface area contributed by atoms with Crippen LogP contribution >= 0.6 is 22.9 Å². The van der Waals surface area contributed by atoms with Gasteiger partial charge in [0.15, 0.2) is 16.7 Å². The lowest BCUT2D eigenvalue weighted by Gasteiger charge is -2.03. The Balaban J connectivity index is 1.78. The second-order valence-corrected chi connectivity index (χ2v) is 6.15. The van der Waals surface area contributed by atoms with Crippen LogP contribution in [0.4, 0.5) is 9.52 Å². The Morgan fingerprint density at radius 1 is 1.29 bits per heavy atom. The van der Waals surface area contributed by atoms with E-state index in [1.54, 1.807) is 35.7 Å². The summed E-state index contributed by atoms with van der Waals surface area (Å²) >= 11 is 7.13. The second kappa shape index (κ2) is 6.98. The molecule has 7 heteroatoms. The number of thiazole rings is 1. The van der Waals surface area contributed by atoms with Crippen molar-refractivity contribution in [1.29, 1.82) is 0 Å². The van der Waals surface area contributed by atoms with Gasteiger partial charge in [-0.2, -0.15) is 0 Å². The van der Waals surface area contributed by atoms with E-state index in [-0.39, 0.29) is 11.7 Å². The van der Waals surface area contributed by atoms with Gasteiger partial charge in [0.1, 0.15) is 0 Å². The number of anilines is 1. The number of halogens is 2. The van der Waals surface area contributed by atoms with Crippen LogP contribution in [0.5, 0.6) is 5.75 Å². The predicted octanol–water partition coefficient (Wildman–Crippen LogP) is 4.86. The van der Waals surface area contributed by atoms with Crippen molar-refractivity contribution in [2.45, 2.75) is 0 Å². The first kappa shape index (κ1) is 16.4. The van der Waals surface area contributed by atoms with E-state index >= 15 is 0 Å². The summed E-state index contributed by atoms with van der Waals surface area (Å²) in [7, 11) is 1.41. The lowest BCUT2D eigenvalue weighted by atomic mass is 10.1. The van der Waals surface area contributed by atoms with Gasteiger partial charge in [0, 0.05) is 21.5 Å². The number of rotatable bonds is 4. The summed E-state index contributed by atoms with van der Waals surface area (Å²) in [5, 5.41) is 5.35. The molecule has 2 aromatic carbocycles. The van der Waals surface area contributed by atoms with Crippen LogP contribution in [-0.2, 0) is 0 Å². The van der Waals surface area contributed by atoms with Gasteiger partial charge in [0.25, 0.3) is 5.91 Å². The molecule has 122 valence electrons.